The maximum absolute atomic E-state index is 10.5. The molecule has 3 N–H and O–H groups in total. The van der Waals surface area contributed by atoms with Crippen LogP contribution < -0.4 is 11.1 Å². The average Bonchev–Trinajstić information content (AvgIpc) is 2.05. The van der Waals surface area contributed by atoms with Gasteiger partial charge in [-0.3, -0.25) is 4.79 Å². The molecule has 58 valence electrons. The SMILES string of the molecule is CNc1cnc(C(N)=O)cn1. The van der Waals surface area contributed by atoms with Crippen LogP contribution in [0.3, 0.4) is 0 Å². The zero-order chi connectivity index (χ0) is 8.27. The standard InChI is InChI=1S/C6H8N4O/c1-8-5-3-9-4(2-10-5)6(7)11/h2-3H,1H3,(H2,7,11)(H,8,10). The lowest BCUT2D eigenvalue weighted by atomic mass is 10.4. The molecule has 0 fully saturated rings. The van der Waals surface area contributed by atoms with Crippen LogP contribution in [0, 0.1) is 0 Å². The van der Waals surface area contributed by atoms with Gasteiger partial charge in [-0.25, -0.2) is 9.97 Å². The number of rotatable bonds is 2. The Kier molecular flexibility index (Phi) is 2.00. The van der Waals surface area contributed by atoms with Crippen LogP contribution in [0.1, 0.15) is 10.5 Å². The lowest BCUT2D eigenvalue weighted by molar-refractivity contribution is 0.0995. The molecule has 0 aliphatic heterocycles. The van der Waals surface area contributed by atoms with Crippen molar-refractivity contribution in [2.75, 3.05) is 12.4 Å². The molecule has 1 aromatic heterocycles. The minimum atomic E-state index is -0.569. The molecule has 0 saturated carbocycles. The van der Waals surface area contributed by atoms with Crippen molar-refractivity contribution in [2.24, 2.45) is 5.73 Å². The fourth-order valence-electron chi connectivity index (χ4n) is 0.584. The maximum atomic E-state index is 10.5. The van der Waals surface area contributed by atoms with Gasteiger partial charge in [-0.05, 0) is 0 Å². The number of hydrogen-bond acceptors (Lipinski definition) is 4. The first-order chi connectivity index (χ1) is 5.24. The van der Waals surface area contributed by atoms with E-state index < -0.39 is 5.91 Å². The normalized spacial score (nSPS) is 9.18. The number of nitrogens with one attached hydrogen (secondary N) is 1. The maximum Gasteiger partial charge on any atom is 0.268 e. The van der Waals surface area contributed by atoms with Crippen LogP contribution in [-0.2, 0) is 0 Å². The minimum Gasteiger partial charge on any atom is -0.372 e. The second-order valence-electron chi connectivity index (χ2n) is 1.90. The van der Waals surface area contributed by atoms with Crippen LogP contribution in [-0.4, -0.2) is 22.9 Å². The topological polar surface area (TPSA) is 80.9 Å². The summed E-state index contributed by atoms with van der Waals surface area (Å²) >= 11 is 0. The Hall–Kier alpha value is -1.65. The molecule has 0 radical (unpaired) electrons. The third-order valence-electron chi connectivity index (χ3n) is 1.16. The lowest BCUT2D eigenvalue weighted by Crippen LogP contribution is -2.13. The second kappa shape index (κ2) is 2.96. The molecular formula is C6H8N4O. The summed E-state index contributed by atoms with van der Waals surface area (Å²) < 4.78 is 0. The third kappa shape index (κ3) is 1.64. The van der Waals surface area contributed by atoms with E-state index in [0.717, 1.165) is 0 Å². The van der Waals surface area contributed by atoms with Crippen LogP contribution in [0.5, 0.6) is 0 Å². The summed E-state index contributed by atoms with van der Waals surface area (Å²) in [5.74, 6) is 0.0372. The summed E-state index contributed by atoms with van der Waals surface area (Å²) in [6, 6.07) is 0. The van der Waals surface area contributed by atoms with Crippen molar-refractivity contribution in [3.63, 3.8) is 0 Å². The Morgan fingerprint density at radius 3 is 2.64 bits per heavy atom. The summed E-state index contributed by atoms with van der Waals surface area (Å²) in [5.41, 5.74) is 5.11. The van der Waals surface area contributed by atoms with Gasteiger partial charge in [-0.15, -0.1) is 0 Å². The van der Waals surface area contributed by atoms with Gasteiger partial charge in [0, 0.05) is 7.05 Å². The number of nitrogens with two attached hydrogens (primary N) is 1. The van der Waals surface area contributed by atoms with Crippen molar-refractivity contribution in [3.8, 4) is 0 Å². The van der Waals surface area contributed by atoms with Crippen LogP contribution in [0.25, 0.3) is 0 Å². The molecule has 5 heteroatoms. The number of primary amides is 1. The zero-order valence-corrected chi connectivity index (χ0v) is 6.03. The largest absolute Gasteiger partial charge is 0.372 e. The van der Waals surface area contributed by atoms with Crippen LogP contribution in [0.4, 0.5) is 5.82 Å². The van der Waals surface area contributed by atoms with Gasteiger partial charge in [0.25, 0.3) is 5.91 Å². The molecule has 0 spiro atoms. The number of hydrogen-bond donors (Lipinski definition) is 2. The van der Waals surface area contributed by atoms with E-state index in [9.17, 15) is 4.79 Å². The molecule has 1 rings (SSSR count). The predicted octanol–water partition coefficient (Wildman–Crippen LogP) is -0.383. The molecule has 0 saturated heterocycles. The highest BCUT2D eigenvalue weighted by atomic mass is 16.1. The van der Waals surface area contributed by atoms with Crippen LogP contribution in [0.2, 0.25) is 0 Å². The van der Waals surface area contributed by atoms with Crippen molar-refractivity contribution in [2.45, 2.75) is 0 Å². The van der Waals surface area contributed by atoms with Gasteiger partial charge in [0.1, 0.15) is 11.5 Å². The van der Waals surface area contributed by atoms with Gasteiger partial charge in [-0.1, -0.05) is 0 Å². The molecule has 0 unspecified atom stereocenters. The van der Waals surface area contributed by atoms with E-state index in [2.05, 4.69) is 15.3 Å². The van der Waals surface area contributed by atoms with E-state index in [1.54, 1.807) is 7.05 Å². The number of nitrogens with zero attached hydrogens (tertiary/aromatic N) is 2. The molecule has 11 heavy (non-hydrogen) atoms. The molecule has 1 aromatic rings. The Bertz CT molecular complexity index is 256. The number of carbonyl (C=O) groups is 1. The van der Waals surface area contributed by atoms with Crippen molar-refractivity contribution in [1.29, 1.82) is 0 Å². The molecular weight excluding hydrogens is 144 g/mol. The van der Waals surface area contributed by atoms with Gasteiger partial charge < -0.3 is 11.1 Å². The fourth-order valence-corrected chi connectivity index (χ4v) is 0.584. The molecule has 5 nitrogen and oxygen atoms in total. The Morgan fingerprint density at radius 2 is 2.27 bits per heavy atom. The van der Waals surface area contributed by atoms with E-state index in [4.69, 9.17) is 5.73 Å². The average molecular weight is 152 g/mol. The van der Waals surface area contributed by atoms with Gasteiger partial charge in [-0.2, -0.15) is 0 Å². The summed E-state index contributed by atoms with van der Waals surface area (Å²) in [6.07, 6.45) is 2.77. The van der Waals surface area contributed by atoms with E-state index in [1.807, 2.05) is 0 Å². The first-order valence-corrected chi connectivity index (χ1v) is 3.03. The van der Waals surface area contributed by atoms with Crippen molar-refractivity contribution >= 4 is 11.7 Å². The highest BCUT2D eigenvalue weighted by molar-refractivity contribution is 5.90. The second-order valence-corrected chi connectivity index (χ2v) is 1.90. The zero-order valence-electron chi connectivity index (χ0n) is 6.03. The lowest BCUT2D eigenvalue weighted by Gasteiger charge is -1.97. The Morgan fingerprint density at radius 1 is 1.55 bits per heavy atom. The van der Waals surface area contributed by atoms with Gasteiger partial charge in [0.2, 0.25) is 0 Å². The molecule has 0 aliphatic rings. The smallest absolute Gasteiger partial charge is 0.268 e. The molecule has 0 aromatic carbocycles. The van der Waals surface area contributed by atoms with Crippen LogP contribution in [0.15, 0.2) is 12.4 Å². The first-order valence-electron chi connectivity index (χ1n) is 3.03. The van der Waals surface area contributed by atoms with Crippen molar-refractivity contribution in [3.05, 3.63) is 18.1 Å². The number of aromatic nitrogens is 2. The van der Waals surface area contributed by atoms with Gasteiger partial charge in [0.05, 0.1) is 12.4 Å². The van der Waals surface area contributed by atoms with E-state index >= 15 is 0 Å². The summed E-state index contributed by atoms with van der Waals surface area (Å²) in [4.78, 5) is 18.1. The van der Waals surface area contributed by atoms with Gasteiger partial charge in [0.15, 0.2) is 0 Å². The van der Waals surface area contributed by atoms with Crippen molar-refractivity contribution in [1.82, 2.24) is 9.97 Å². The van der Waals surface area contributed by atoms with E-state index in [1.165, 1.54) is 12.4 Å². The molecule has 0 bridgehead atoms. The monoisotopic (exact) mass is 152 g/mol. The number of anilines is 1. The minimum absolute atomic E-state index is 0.170. The predicted molar refractivity (Wildman–Crippen MR) is 40.1 cm³/mol. The molecule has 1 amide bonds. The Balaban J connectivity index is 2.91. The highest BCUT2D eigenvalue weighted by Crippen LogP contribution is 1.97. The van der Waals surface area contributed by atoms with E-state index in [-0.39, 0.29) is 5.69 Å². The highest BCUT2D eigenvalue weighted by Gasteiger charge is 2.00. The number of carbonyl (C=O) groups excluding carboxylic acids is 1. The molecule has 0 aliphatic carbocycles. The van der Waals surface area contributed by atoms with Gasteiger partial charge >= 0.3 is 0 Å². The van der Waals surface area contributed by atoms with E-state index in [0.29, 0.717) is 5.82 Å². The molecule has 0 atom stereocenters. The summed E-state index contributed by atoms with van der Waals surface area (Å²) in [6.45, 7) is 0. The fraction of sp³-hybridized carbons (Fsp3) is 0.167. The van der Waals surface area contributed by atoms with Crippen LogP contribution >= 0.6 is 0 Å². The first kappa shape index (κ1) is 7.46. The Labute approximate surface area is 63.7 Å². The number of amides is 1. The quantitative estimate of drug-likeness (QED) is 0.605. The summed E-state index contributed by atoms with van der Waals surface area (Å²) in [5, 5.41) is 2.77. The third-order valence-corrected chi connectivity index (χ3v) is 1.16. The summed E-state index contributed by atoms with van der Waals surface area (Å²) in [7, 11) is 1.72. The van der Waals surface area contributed by atoms with Crippen molar-refractivity contribution < 1.29 is 4.79 Å². The molecule has 1 heterocycles.